The lowest BCUT2D eigenvalue weighted by Crippen LogP contribution is -2.41. The fourth-order valence-corrected chi connectivity index (χ4v) is 1.91. The van der Waals surface area contributed by atoms with Crippen LogP contribution in [0.25, 0.3) is 0 Å². The molecule has 0 aromatic heterocycles. The van der Waals surface area contributed by atoms with E-state index in [1.807, 2.05) is 27.7 Å². The van der Waals surface area contributed by atoms with Gasteiger partial charge in [0.25, 0.3) is 5.91 Å². The van der Waals surface area contributed by atoms with Crippen LogP contribution < -0.4 is 0 Å². The van der Waals surface area contributed by atoms with Crippen molar-refractivity contribution in [2.45, 2.75) is 53.0 Å². The van der Waals surface area contributed by atoms with Gasteiger partial charge in [-0.3, -0.25) is 9.59 Å². The van der Waals surface area contributed by atoms with Crippen LogP contribution in [0.2, 0.25) is 0 Å². The van der Waals surface area contributed by atoms with Crippen molar-refractivity contribution in [3.63, 3.8) is 0 Å². The van der Waals surface area contributed by atoms with Gasteiger partial charge >= 0.3 is 5.97 Å². The third kappa shape index (κ3) is 3.31. The Hall–Kier alpha value is -1.39. The highest BCUT2D eigenvalue weighted by molar-refractivity contribution is 6.07. The summed E-state index contributed by atoms with van der Waals surface area (Å²) < 4.78 is 4.86. The van der Waals surface area contributed by atoms with Gasteiger partial charge in [0.1, 0.15) is 0 Å². The van der Waals surface area contributed by atoms with E-state index >= 15 is 0 Å². The van der Waals surface area contributed by atoms with Gasteiger partial charge in [-0.1, -0.05) is 0 Å². The zero-order valence-corrected chi connectivity index (χ0v) is 11.8. The summed E-state index contributed by atoms with van der Waals surface area (Å²) in [4.78, 5) is 23.5. The predicted molar refractivity (Wildman–Crippen MR) is 69.1 cm³/mol. The van der Waals surface area contributed by atoms with Crippen molar-refractivity contribution in [3.05, 3.63) is 0 Å². The van der Waals surface area contributed by atoms with Gasteiger partial charge in [0.05, 0.1) is 18.1 Å². The van der Waals surface area contributed by atoms with E-state index in [1.165, 1.54) is 5.01 Å². The molecule has 1 unspecified atom stereocenters. The number of nitrogens with zero attached hydrogens (tertiary/aromatic N) is 2. The molecule has 0 aromatic rings. The van der Waals surface area contributed by atoms with E-state index in [9.17, 15) is 9.59 Å². The van der Waals surface area contributed by atoms with Gasteiger partial charge < -0.3 is 4.74 Å². The van der Waals surface area contributed by atoms with Gasteiger partial charge in [-0.2, -0.15) is 5.10 Å². The molecule has 0 spiro atoms. The fraction of sp³-hybridized carbons (Fsp3) is 0.769. The molecule has 1 aliphatic rings. The number of amides is 1. The first-order chi connectivity index (χ1) is 8.27. The van der Waals surface area contributed by atoms with Gasteiger partial charge in [0.15, 0.2) is 0 Å². The van der Waals surface area contributed by atoms with E-state index in [2.05, 4.69) is 5.10 Å². The maximum atomic E-state index is 12.2. The molecular weight excluding hydrogens is 232 g/mol. The van der Waals surface area contributed by atoms with Crippen LogP contribution in [0.1, 0.15) is 47.5 Å². The van der Waals surface area contributed by atoms with Crippen LogP contribution in [0.15, 0.2) is 5.10 Å². The average Bonchev–Trinajstić information content (AvgIpc) is 2.52. The maximum Gasteiger partial charge on any atom is 0.305 e. The summed E-state index contributed by atoms with van der Waals surface area (Å²) in [6.07, 6.45) is 0.731. The second-order valence-corrected chi connectivity index (χ2v) is 5.46. The van der Waals surface area contributed by atoms with Gasteiger partial charge in [0, 0.05) is 12.1 Å². The summed E-state index contributed by atoms with van der Waals surface area (Å²) in [5.41, 5.74) is 0.455. The van der Waals surface area contributed by atoms with Gasteiger partial charge in [0.2, 0.25) is 0 Å². The highest BCUT2D eigenvalue weighted by atomic mass is 16.5. The van der Waals surface area contributed by atoms with Crippen LogP contribution in [-0.2, 0) is 14.3 Å². The molecule has 0 fully saturated rings. The highest BCUT2D eigenvalue weighted by Gasteiger charge is 2.38. The normalized spacial score (nSPS) is 20.1. The Morgan fingerprint density at radius 2 is 2.06 bits per heavy atom. The first kappa shape index (κ1) is 14.7. The van der Waals surface area contributed by atoms with Crippen LogP contribution in [-0.4, -0.2) is 34.7 Å². The molecule has 0 bridgehead atoms. The predicted octanol–water partition coefficient (Wildman–Crippen LogP) is 1.96. The molecule has 0 aliphatic carbocycles. The topological polar surface area (TPSA) is 59.0 Å². The molecular formula is C13H22N2O3. The minimum Gasteiger partial charge on any atom is -0.466 e. The third-order valence-electron chi connectivity index (χ3n) is 2.85. The quantitative estimate of drug-likeness (QED) is 0.721. The van der Waals surface area contributed by atoms with E-state index in [4.69, 9.17) is 4.74 Å². The largest absolute Gasteiger partial charge is 0.466 e. The molecule has 1 atom stereocenters. The minimum atomic E-state index is -0.322. The van der Waals surface area contributed by atoms with Crippen molar-refractivity contribution in [2.75, 3.05) is 6.61 Å². The number of ether oxygens (including phenoxy) is 1. The molecule has 18 heavy (non-hydrogen) atoms. The molecule has 0 saturated carbocycles. The smallest absolute Gasteiger partial charge is 0.305 e. The summed E-state index contributed by atoms with van der Waals surface area (Å²) in [6, 6.07) is 0. The van der Waals surface area contributed by atoms with Crippen LogP contribution in [0.3, 0.4) is 0 Å². The van der Waals surface area contributed by atoms with Crippen LogP contribution in [0, 0.1) is 5.92 Å². The van der Waals surface area contributed by atoms with Crippen molar-refractivity contribution in [2.24, 2.45) is 11.0 Å². The lowest BCUT2D eigenvalue weighted by Gasteiger charge is -2.28. The molecule has 5 nitrogen and oxygen atoms in total. The number of carbonyl (C=O) groups excluding carboxylic acids is 2. The van der Waals surface area contributed by atoms with E-state index in [-0.39, 0.29) is 29.8 Å². The van der Waals surface area contributed by atoms with Crippen molar-refractivity contribution in [1.82, 2.24) is 5.01 Å². The Bertz CT molecular complexity index is 369. The number of carbonyl (C=O) groups is 2. The van der Waals surface area contributed by atoms with Crippen molar-refractivity contribution < 1.29 is 14.3 Å². The Kier molecular flexibility index (Phi) is 4.48. The number of esters is 1. The summed E-state index contributed by atoms with van der Waals surface area (Å²) in [5.74, 6) is -0.565. The highest BCUT2D eigenvalue weighted by Crippen LogP contribution is 2.27. The maximum absolute atomic E-state index is 12.2. The molecule has 0 saturated heterocycles. The summed E-state index contributed by atoms with van der Waals surface area (Å²) in [5, 5.41) is 5.81. The number of hydrazone groups is 1. The fourth-order valence-electron chi connectivity index (χ4n) is 1.91. The van der Waals surface area contributed by atoms with Crippen molar-refractivity contribution in [1.29, 1.82) is 0 Å². The van der Waals surface area contributed by atoms with E-state index < -0.39 is 0 Å². The van der Waals surface area contributed by atoms with E-state index in [1.54, 1.807) is 6.92 Å². The molecule has 102 valence electrons. The van der Waals surface area contributed by atoms with Crippen LogP contribution >= 0.6 is 0 Å². The molecule has 0 radical (unpaired) electrons. The molecule has 1 aliphatic heterocycles. The SMILES string of the molecule is CCOC(=O)CCC1C(=O)N(C(C)(C)C)N=C1C. The van der Waals surface area contributed by atoms with E-state index in [0.717, 1.165) is 5.71 Å². The number of hydrogen-bond donors (Lipinski definition) is 0. The van der Waals surface area contributed by atoms with Crippen molar-refractivity contribution >= 4 is 17.6 Å². The Morgan fingerprint density at radius 3 is 2.50 bits per heavy atom. The van der Waals surface area contributed by atoms with Gasteiger partial charge in [-0.15, -0.1) is 0 Å². The molecule has 1 rings (SSSR count). The molecule has 0 aromatic carbocycles. The monoisotopic (exact) mass is 254 g/mol. The molecule has 5 heteroatoms. The average molecular weight is 254 g/mol. The van der Waals surface area contributed by atoms with Crippen molar-refractivity contribution in [3.8, 4) is 0 Å². The summed E-state index contributed by atoms with van der Waals surface area (Å²) in [7, 11) is 0. The Morgan fingerprint density at radius 1 is 1.44 bits per heavy atom. The first-order valence-electron chi connectivity index (χ1n) is 6.32. The third-order valence-corrected chi connectivity index (χ3v) is 2.85. The number of hydrogen-bond acceptors (Lipinski definition) is 4. The first-order valence-corrected chi connectivity index (χ1v) is 6.32. The summed E-state index contributed by atoms with van der Waals surface area (Å²) in [6.45, 7) is 9.80. The summed E-state index contributed by atoms with van der Waals surface area (Å²) >= 11 is 0. The zero-order valence-electron chi connectivity index (χ0n) is 11.8. The lowest BCUT2D eigenvalue weighted by molar-refractivity contribution is -0.143. The Balaban J connectivity index is 2.62. The Labute approximate surface area is 108 Å². The lowest BCUT2D eigenvalue weighted by atomic mass is 9.97. The molecule has 0 N–H and O–H groups in total. The van der Waals surface area contributed by atoms with Crippen LogP contribution in [0.4, 0.5) is 0 Å². The standard InChI is InChI=1S/C13H22N2O3/c1-6-18-11(16)8-7-10-9(2)14-15(12(10)17)13(3,4)5/h10H,6-8H2,1-5H3. The zero-order chi connectivity index (χ0) is 13.9. The van der Waals surface area contributed by atoms with Crippen LogP contribution in [0.5, 0.6) is 0 Å². The molecule has 1 heterocycles. The second kappa shape index (κ2) is 5.50. The van der Waals surface area contributed by atoms with Gasteiger partial charge in [-0.05, 0) is 41.0 Å². The second-order valence-electron chi connectivity index (χ2n) is 5.46. The minimum absolute atomic E-state index is 0.0238. The van der Waals surface area contributed by atoms with Gasteiger partial charge in [-0.25, -0.2) is 5.01 Å². The molecule has 1 amide bonds. The van der Waals surface area contributed by atoms with E-state index in [0.29, 0.717) is 13.0 Å². The number of rotatable bonds is 4.